The van der Waals surface area contributed by atoms with Crippen molar-refractivity contribution in [2.75, 3.05) is 11.5 Å². The van der Waals surface area contributed by atoms with Crippen LogP contribution >= 0.6 is 51.5 Å². The van der Waals surface area contributed by atoms with Crippen LogP contribution in [0.25, 0.3) is 6.08 Å². The first-order chi connectivity index (χ1) is 16.9. The molecule has 176 valence electrons. The third-order valence-electron chi connectivity index (χ3n) is 5.04. The summed E-state index contributed by atoms with van der Waals surface area (Å²) in [7, 11) is 0. The largest absolute Gasteiger partial charge is 0.490 e. The summed E-state index contributed by atoms with van der Waals surface area (Å²) in [6.07, 6.45) is 1.77. The molecule has 35 heavy (non-hydrogen) atoms. The summed E-state index contributed by atoms with van der Waals surface area (Å²) in [5, 5.41) is 9.79. The van der Waals surface area contributed by atoms with Gasteiger partial charge in [0.2, 0.25) is 0 Å². The zero-order chi connectivity index (χ0) is 24.9. The molecule has 0 unspecified atom stereocenters. The Labute approximate surface area is 226 Å². The van der Waals surface area contributed by atoms with Crippen LogP contribution in [-0.2, 0) is 11.4 Å². The van der Waals surface area contributed by atoms with E-state index in [0.29, 0.717) is 43.6 Å². The number of anilines is 1. The summed E-state index contributed by atoms with van der Waals surface area (Å²) in [4.78, 5) is 15.1. The van der Waals surface area contributed by atoms with Crippen LogP contribution in [0.5, 0.6) is 11.5 Å². The summed E-state index contributed by atoms with van der Waals surface area (Å²) >= 11 is 16.3. The molecule has 3 aromatic carbocycles. The standard InChI is InChI=1S/C26H18BrClN2O3S2/c1-2-32-23-11-16(7-10-22(23)33-15-18-6-4-3-5-17(18)14-29)12-24-25(31)30(26(34)35-24)19-8-9-20(27)21(28)13-19/h3-13H,2,15H2,1H3. The maximum atomic E-state index is 13.1. The second-order valence-corrected chi connectivity index (χ2v) is 10.2. The van der Waals surface area contributed by atoms with Crippen LogP contribution in [0, 0.1) is 11.3 Å². The van der Waals surface area contributed by atoms with Crippen molar-refractivity contribution in [3.8, 4) is 17.6 Å². The first-order valence-corrected chi connectivity index (χ1v) is 12.9. The minimum absolute atomic E-state index is 0.218. The molecule has 1 heterocycles. The van der Waals surface area contributed by atoms with Gasteiger partial charge in [-0.2, -0.15) is 5.26 Å². The molecule has 5 nitrogen and oxygen atoms in total. The van der Waals surface area contributed by atoms with E-state index in [1.807, 2.05) is 37.3 Å². The van der Waals surface area contributed by atoms with Gasteiger partial charge in [-0.25, -0.2) is 0 Å². The van der Waals surface area contributed by atoms with E-state index in [1.54, 1.807) is 36.4 Å². The van der Waals surface area contributed by atoms with Gasteiger partial charge in [-0.05, 0) is 70.9 Å². The number of carbonyl (C=O) groups excluding carboxylic acids is 1. The average molecular weight is 586 g/mol. The van der Waals surface area contributed by atoms with Gasteiger partial charge >= 0.3 is 0 Å². The van der Waals surface area contributed by atoms with Crippen molar-refractivity contribution in [3.63, 3.8) is 0 Å². The molecule has 0 aromatic heterocycles. The number of hydrogen-bond donors (Lipinski definition) is 0. The summed E-state index contributed by atoms with van der Waals surface area (Å²) in [5.74, 6) is 0.879. The van der Waals surface area contributed by atoms with Crippen molar-refractivity contribution in [2.24, 2.45) is 0 Å². The van der Waals surface area contributed by atoms with E-state index in [4.69, 9.17) is 33.3 Å². The minimum atomic E-state index is -0.218. The molecule has 1 aliphatic heterocycles. The molecule has 3 aromatic rings. The molecule has 0 aliphatic carbocycles. The van der Waals surface area contributed by atoms with Gasteiger partial charge in [0.1, 0.15) is 6.61 Å². The van der Waals surface area contributed by atoms with Gasteiger partial charge in [-0.15, -0.1) is 0 Å². The van der Waals surface area contributed by atoms with Crippen molar-refractivity contribution in [1.82, 2.24) is 0 Å². The number of hydrogen-bond acceptors (Lipinski definition) is 6. The Morgan fingerprint density at radius 3 is 2.69 bits per heavy atom. The predicted molar refractivity (Wildman–Crippen MR) is 148 cm³/mol. The normalized spacial score (nSPS) is 14.3. The number of benzene rings is 3. The molecule has 0 spiro atoms. The Bertz CT molecular complexity index is 1390. The average Bonchev–Trinajstić information content (AvgIpc) is 3.13. The summed E-state index contributed by atoms with van der Waals surface area (Å²) < 4.78 is 12.9. The van der Waals surface area contributed by atoms with Crippen LogP contribution in [0.1, 0.15) is 23.6 Å². The number of nitrogens with zero attached hydrogens (tertiary/aromatic N) is 2. The number of carbonyl (C=O) groups is 1. The fraction of sp³-hybridized carbons (Fsp3) is 0.115. The lowest BCUT2D eigenvalue weighted by Gasteiger charge is -2.15. The topological polar surface area (TPSA) is 62.6 Å². The molecule has 0 saturated carbocycles. The first-order valence-electron chi connectivity index (χ1n) is 10.5. The van der Waals surface area contributed by atoms with Gasteiger partial charge in [0.05, 0.1) is 33.9 Å². The van der Waals surface area contributed by atoms with Gasteiger partial charge < -0.3 is 9.47 Å². The van der Waals surface area contributed by atoms with Crippen LogP contribution in [-0.4, -0.2) is 16.8 Å². The number of ether oxygens (including phenoxy) is 2. The Morgan fingerprint density at radius 2 is 1.94 bits per heavy atom. The zero-order valence-electron chi connectivity index (χ0n) is 18.5. The highest BCUT2D eigenvalue weighted by Gasteiger charge is 2.33. The van der Waals surface area contributed by atoms with Crippen LogP contribution in [0.4, 0.5) is 5.69 Å². The Kier molecular flexibility index (Phi) is 8.14. The van der Waals surface area contributed by atoms with Crippen LogP contribution < -0.4 is 14.4 Å². The van der Waals surface area contributed by atoms with Gasteiger partial charge in [0.15, 0.2) is 15.8 Å². The number of nitriles is 1. The van der Waals surface area contributed by atoms with E-state index in [1.165, 1.54) is 16.7 Å². The molecule has 0 atom stereocenters. The lowest BCUT2D eigenvalue weighted by Crippen LogP contribution is -2.27. The highest BCUT2D eigenvalue weighted by molar-refractivity contribution is 9.10. The quantitative estimate of drug-likeness (QED) is 0.213. The monoisotopic (exact) mass is 584 g/mol. The summed E-state index contributed by atoms with van der Waals surface area (Å²) in [6.45, 7) is 2.56. The molecule has 0 N–H and O–H groups in total. The van der Waals surface area contributed by atoms with Crippen molar-refractivity contribution in [2.45, 2.75) is 13.5 Å². The minimum Gasteiger partial charge on any atom is -0.490 e. The molecule has 1 fully saturated rings. The van der Waals surface area contributed by atoms with E-state index in [0.717, 1.165) is 15.6 Å². The third-order valence-corrected chi connectivity index (χ3v) is 7.58. The SMILES string of the molecule is CCOc1cc(C=C2SC(=S)N(c3ccc(Br)c(Cl)c3)C2=O)ccc1OCc1ccccc1C#N. The molecular weight excluding hydrogens is 568 g/mol. The summed E-state index contributed by atoms with van der Waals surface area (Å²) in [6, 6.07) is 20.2. The maximum absolute atomic E-state index is 13.1. The molecule has 1 amide bonds. The van der Waals surface area contributed by atoms with Crippen LogP contribution in [0.2, 0.25) is 5.02 Å². The van der Waals surface area contributed by atoms with Crippen molar-refractivity contribution in [1.29, 1.82) is 5.26 Å². The summed E-state index contributed by atoms with van der Waals surface area (Å²) in [5.41, 5.74) is 2.74. The van der Waals surface area contributed by atoms with Crippen molar-refractivity contribution in [3.05, 3.63) is 91.8 Å². The van der Waals surface area contributed by atoms with Crippen molar-refractivity contribution >= 4 is 73.5 Å². The molecule has 0 radical (unpaired) electrons. The van der Waals surface area contributed by atoms with Crippen molar-refractivity contribution < 1.29 is 14.3 Å². The Morgan fingerprint density at radius 1 is 1.14 bits per heavy atom. The molecule has 1 aliphatic rings. The van der Waals surface area contributed by atoms with Crippen LogP contribution in [0.3, 0.4) is 0 Å². The number of rotatable bonds is 7. The molecule has 4 rings (SSSR count). The van der Waals surface area contributed by atoms with E-state index in [2.05, 4.69) is 22.0 Å². The second-order valence-electron chi connectivity index (χ2n) is 7.31. The fourth-order valence-corrected chi connectivity index (χ4v) is 5.10. The maximum Gasteiger partial charge on any atom is 0.270 e. The van der Waals surface area contributed by atoms with Gasteiger partial charge in [0, 0.05) is 10.0 Å². The highest BCUT2D eigenvalue weighted by atomic mass is 79.9. The van der Waals surface area contributed by atoms with Gasteiger partial charge in [-0.1, -0.05) is 59.8 Å². The number of amides is 1. The third kappa shape index (κ3) is 5.71. The molecule has 9 heteroatoms. The van der Waals surface area contributed by atoms with E-state index in [-0.39, 0.29) is 12.5 Å². The number of thioether (sulfide) groups is 1. The van der Waals surface area contributed by atoms with E-state index in [9.17, 15) is 10.1 Å². The Balaban J connectivity index is 1.57. The highest BCUT2D eigenvalue weighted by Crippen LogP contribution is 2.39. The molecular formula is C26H18BrClN2O3S2. The van der Waals surface area contributed by atoms with E-state index >= 15 is 0 Å². The number of halogens is 2. The lowest BCUT2D eigenvalue weighted by molar-refractivity contribution is -0.113. The lowest BCUT2D eigenvalue weighted by atomic mass is 10.1. The first kappa shape index (κ1) is 25.3. The second kappa shape index (κ2) is 11.3. The van der Waals surface area contributed by atoms with Gasteiger partial charge in [0.25, 0.3) is 5.91 Å². The predicted octanol–water partition coefficient (Wildman–Crippen LogP) is 7.36. The molecule has 0 bridgehead atoms. The fourth-order valence-electron chi connectivity index (χ4n) is 3.38. The zero-order valence-corrected chi connectivity index (χ0v) is 22.4. The van der Waals surface area contributed by atoms with Crippen LogP contribution in [0.15, 0.2) is 70.0 Å². The van der Waals surface area contributed by atoms with Gasteiger partial charge in [-0.3, -0.25) is 9.69 Å². The molecule has 1 saturated heterocycles. The Hall–Kier alpha value is -2.83. The number of thiocarbonyl (C=S) groups is 1. The van der Waals surface area contributed by atoms with E-state index < -0.39 is 0 Å². The smallest absolute Gasteiger partial charge is 0.270 e.